The first-order valence-electron chi connectivity index (χ1n) is 7.60. The third-order valence-corrected chi connectivity index (χ3v) is 4.59. The molecule has 0 bridgehead atoms. The van der Waals surface area contributed by atoms with Gasteiger partial charge in [-0.15, -0.1) is 10.2 Å². The molecule has 3 rings (SSSR count). The van der Waals surface area contributed by atoms with E-state index in [4.69, 9.17) is 0 Å². The second kappa shape index (κ2) is 5.97. The quantitative estimate of drug-likeness (QED) is 0.826. The third kappa shape index (κ3) is 3.00. The average molecular weight is 290 g/mol. The fourth-order valence-corrected chi connectivity index (χ4v) is 3.49. The predicted molar refractivity (Wildman–Crippen MR) is 79.4 cm³/mol. The average Bonchev–Trinajstić information content (AvgIpc) is 2.55. The molecule has 2 fully saturated rings. The summed E-state index contributed by atoms with van der Waals surface area (Å²) in [5.74, 6) is 0.410. The van der Waals surface area contributed by atoms with Crippen LogP contribution in [0, 0.1) is 5.41 Å². The van der Waals surface area contributed by atoms with Gasteiger partial charge in [0.2, 0.25) is 0 Å². The largest absolute Gasteiger partial charge is 0.464 e. The van der Waals surface area contributed by atoms with E-state index in [0.29, 0.717) is 5.41 Å². The first-order chi connectivity index (χ1) is 10.2. The summed E-state index contributed by atoms with van der Waals surface area (Å²) in [6, 6.07) is 3.56. The molecule has 1 aromatic heterocycles. The van der Waals surface area contributed by atoms with Crippen LogP contribution in [-0.4, -0.2) is 49.5 Å². The van der Waals surface area contributed by atoms with E-state index < -0.39 is 5.97 Å². The van der Waals surface area contributed by atoms with Crippen molar-refractivity contribution in [3.8, 4) is 0 Å². The van der Waals surface area contributed by atoms with Crippen LogP contribution in [0.15, 0.2) is 12.1 Å². The predicted octanol–water partition coefficient (Wildman–Crippen LogP) is 1.23. The molecule has 6 heteroatoms. The summed E-state index contributed by atoms with van der Waals surface area (Å²) in [6.45, 7) is 4.26. The van der Waals surface area contributed by atoms with Crippen molar-refractivity contribution in [2.24, 2.45) is 5.41 Å². The van der Waals surface area contributed by atoms with Crippen LogP contribution >= 0.6 is 0 Å². The molecule has 1 atom stereocenters. The van der Waals surface area contributed by atoms with Gasteiger partial charge in [0.1, 0.15) is 0 Å². The Kier molecular flexibility index (Phi) is 4.05. The lowest BCUT2D eigenvalue weighted by atomic mass is 9.74. The number of carbonyl (C=O) groups excluding carboxylic acids is 1. The summed E-state index contributed by atoms with van der Waals surface area (Å²) in [7, 11) is 1.35. The van der Waals surface area contributed by atoms with Crippen LogP contribution in [0.1, 0.15) is 36.2 Å². The van der Waals surface area contributed by atoms with Crippen molar-refractivity contribution in [2.75, 3.05) is 38.2 Å². The Morgan fingerprint density at radius 1 is 1.33 bits per heavy atom. The van der Waals surface area contributed by atoms with Gasteiger partial charge in [0.05, 0.1) is 7.11 Å². The van der Waals surface area contributed by atoms with Gasteiger partial charge in [-0.3, -0.25) is 0 Å². The molecule has 2 aliphatic rings. The zero-order valence-electron chi connectivity index (χ0n) is 12.5. The molecule has 1 N–H and O–H groups in total. The van der Waals surface area contributed by atoms with Crippen LogP contribution in [0.25, 0.3) is 0 Å². The third-order valence-electron chi connectivity index (χ3n) is 4.59. The van der Waals surface area contributed by atoms with Crippen molar-refractivity contribution in [3.63, 3.8) is 0 Å². The molecular formula is C15H22N4O2. The summed E-state index contributed by atoms with van der Waals surface area (Å²) >= 11 is 0. The number of aromatic nitrogens is 2. The molecule has 1 spiro atoms. The molecule has 0 radical (unpaired) electrons. The van der Waals surface area contributed by atoms with E-state index in [2.05, 4.69) is 25.2 Å². The molecule has 1 unspecified atom stereocenters. The zero-order chi connectivity index (χ0) is 14.7. The molecule has 0 aromatic carbocycles. The van der Waals surface area contributed by atoms with Crippen molar-refractivity contribution >= 4 is 11.8 Å². The van der Waals surface area contributed by atoms with Gasteiger partial charge >= 0.3 is 5.97 Å². The van der Waals surface area contributed by atoms with Gasteiger partial charge in [0.25, 0.3) is 0 Å². The summed E-state index contributed by atoms with van der Waals surface area (Å²) in [4.78, 5) is 13.7. The van der Waals surface area contributed by atoms with Crippen LogP contribution < -0.4 is 10.2 Å². The van der Waals surface area contributed by atoms with Crippen LogP contribution in [0.5, 0.6) is 0 Å². The Labute approximate surface area is 124 Å². The highest BCUT2D eigenvalue weighted by Crippen LogP contribution is 2.37. The maximum Gasteiger partial charge on any atom is 0.358 e. The minimum absolute atomic E-state index is 0.257. The van der Waals surface area contributed by atoms with Crippen molar-refractivity contribution in [1.82, 2.24) is 15.5 Å². The summed E-state index contributed by atoms with van der Waals surface area (Å²) in [5.41, 5.74) is 0.631. The SMILES string of the molecule is COC(=O)c1ccc(N2CCCC3(CCCNC3)C2)nn1. The number of methoxy groups -OCH3 is 1. The van der Waals surface area contributed by atoms with E-state index in [-0.39, 0.29) is 5.69 Å². The Morgan fingerprint density at radius 2 is 2.19 bits per heavy atom. The Balaban J connectivity index is 1.72. The normalized spacial score (nSPS) is 25.9. The Bertz CT molecular complexity index is 491. The van der Waals surface area contributed by atoms with E-state index in [1.54, 1.807) is 6.07 Å². The molecule has 114 valence electrons. The van der Waals surface area contributed by atoms with Crippen molar-refractivity contribution in [1.29, 1.82) is 0 Å². The number of hydrogen-bond donors (Lipinski definition) is 1. The summed E-state index contributed by atoms with van der Waals surface area (Å²) in [6.07, 6.45) is 5.00. The van der Waals surface area contributed by atoms with Crippen molar-refractivity contribution in [3.05, 3.63) is 17.8 Å². The first kappa shape index (κ1) is 14.3. The zero-order valence-corrected chi connectivity index (χ0v) is 12.5. The molecular weight excluding hydrogens is 268 g/mol. The van der Waals surface area contributed by atoms with Crippen LogP contribution in [0.3, 0.4) is 0 Å². The minimum atomic E-state index is -0.444. The van der Waals surface area contributed by atoms with E-state index in [1.807, 2.05) is 6.07 Å². The van der Waals surface area contributed by atoms with Crippen LogP contribution in [0.4, 0.5) is 5.82 Å². The number of hydrogen-bond acceptors (Lipinski definition) is 6. The van der Waals surface area contributed by atoms with Gasteiger partial charge < -0.3 is 15.0 Å². The van der Waals surface area contributed by atoms with E-state index in [1.165, 1.54) is 32.8 Å². The minimum Gasteiger partial charge on any atom is -0.464 e. The van der Waals surface area contributed by atoms with Crippen molar-refractivity contribution in [2.45, 2.75) is 25.7 Å². The van der Waals surface area contributed by atoms with Gasteiger partial charge in [0, 0.05) is 25.0 Å². The molecule has 0 saturated carbocycles. The van der Waals surface area contributed by atoms with Gasteiger partial charge in [-0.05, 0) is 44.4 Å². The van der Waals surface area contributed by atoms with Gasteiger partial charge in [-0.1, -0.05) is 0 Å². The number of esters is 1. The highest BCUT2D eigenvalue weighted by Gasteiger charge is 2.37. The molecule has 0 aliphatic carbocycles. The fraction of sp³-hybridized carbons (Fsp3) is 0.667. The lowest BCUT2D eigenvalue weighted by molar-refractivity contribution is 0.0592. The molecule has 3 heterocycles. The smallest absolute Gasteiger partial charge is 0.358 e. The van der Waals surface area contributed by atoms with Gasteiger partial charge in [-0.2, -0.15) is 0 Å². The van der Waals surface area contributed by atoms with Crippen molar-refractivity contribution < 1.29 is 9.53 Å². The number of rotatable bonds is 2. The maximum atomic E-state index is 11.4. The molecule has 1 aromatic rings. The fourth-order valence-electron chi connectivity index (χ4n) is 3.49. The maximum absolute atomic E-state index is 11.4. The standard InChI is InChI=1S/C15H22N4O2/c1-21-14(20)12-4-5-13(18-17-12)19-9-3-7-15(11-19)6-2-8-16-10-15/h4-5,16H,2-3,6-11H2,1H3. The molecule has 6 nitrogen and oxygen atoms in total. The Hall–Kier alpha value is -1.69. The van der Waals surface area contributed by atoms with Gasteiger partial charge in [-0.25, -0.2) is 4.79 Å². The lowest BCUT2D eigenvalue weighted by Crippen LogP contribution is -2.51. The topological polar surface area (TPSA) is 67.3 Å². The molecule has 21 heavy (non-hydrogen) atoms. The number of nitrogens with zero attached hydrogens (tertiary/aromatic N) is 3. The van der Waals surface area contributed by atoms with Crippen LogP contribution in [0.2, 0.25) is 0 Å². The molecule has 2 aliphatic heterocycles. The van der Waals surface area contributed by atoms with E-state index in [9.17, 15) is 4.79 Å². The number of carbonyl (C=O) groups is 1. The molecule has 0 amide bonds. The second-order valence-electron chi connectivity index (χ2n) is 6.07. The Morgan fingerprint density at radius 3 is 2.86 bits per heavy atom. The van der Waals surface area contributed by atoms with Crippen LogP contribution in [-0.2, 0) is 4.74 Å². The summed E-state index contributed by atoms with van der Waals surface area (Å²) < 4.78 is 4.65. The van der Waals surface area contributed by atoms with Gasteiger partial charge in [0.15, 0.2) is 11.5 Å². The van der Waals surface area contributed by atoms with E-state index >= 15 is 0 Å². The highest BCUT2D eigenvalue weighted by molar-refractivity contribution is 5.86. The number of piperidine rings is 2. The second-order valence-corrected chi connectivity index (χ2v) is 6.07. The summed E-state index contributed by atoms with van der Waals surface area (Å²) in [5, 5.41) is 11.7. The number of ether oxygens (including phenoxy) is 1. The first-order valence-corrected chi connectivity index (χ1v) is 7.60. The lowest BCUT2D eigenvalue weighted by Gasteiger charge is -2.45. The van der Waals surface area contributed by atoms with E-state index in [0.717, 1.165) is 32.0 Å². The number of nitrogens with one attached hydrogen (secondary N) is 1. The number of anilines is 1. The monoisotopic (exact) mass is 290 g/mol. The molecule has 2 saturated heterocycles. The highest BCUT2D eigenvalue weighted by atomic mass is 16.5.